The number of nitrogens with one attached hydrogen (secondary N) is 1. The van der Waals surface area contributed by atoms with Crippen LogP contribution < -0.4 is 15.0 Å². The number of halogens is 1. The van der Waals surface area contributed by atoms with E-state index in [1.54, 1.807) is 62.4 Å². The molecule has 0 saturated carbocycles. The van der Waals surface area contributed by atoms with Gasteiger partial charge in [0, 0.05) is 12.3 Å². The minimum Gasteiger partial charge on any atom is -0.481 e. The van der Waals surface area contributed by atoms with E-state index in [1.165, 1.54) is 4.90 Å². The molecule has 0 fully saturated rings. The van der Waals surface area contributed by atoms with Crippen LogP contribution in [0.15, 0.2) is 48.5 Å². The Labute approximate surface area is 190 Å². The maximum absolute atomic E-state index is 13.5. The van der Waals surface area contributed by atoms with Crippen molar-refractivity contribution in [3.63, 3.8) is 0 Å². The van der Waals surface area contributed by atoms with Crippen molar-refractivity contribution < 1.29 is 33.4 Å². The minimum absolute atomic E-state index is 0.213. The van der Waals surface area contributed by atoms with E-state index in [9.17, 15) is 23.6 Å². The van der Waals surface area contributed by atoms with Crippen molar-refractivity contribution in [1.82, 2.24) is 5.32 Å². The number of anilines is 2. The van der Waals surface area contributed by atoms with Crippen molar-refractivity contribution >= 4 is 34.9 Å². The number of Topliss-reactive ketones (excluding diaryl/α,β-unsaturated/α-hetero) is 1. The number of carboxylic acid groups (broad SMARTS) is 1. The number of hydrogen-bond donors (Lipinski definition) is 2. The maximum atomic E-state index is 13.5. The Morgan fingerprint density at radius 1 is 0.970 bits per heavy atom. The highest BCUT2D eigenvalue weighted by Gasteiger charge is 2.34. The molecule has 2 aromatic carbocycles. The van der Waals surface area contributed by atoms with Gasteiger partial charge in [-0.1, -0.05) is 38.1 Å². The number of fused-ring (bicyclic) bond motifs is 2. The van der Waals surface area contributed by atoms with Gasteiger partial charge in [-0.15, -0.1) is 0 Å². The summed E-state index contributed by atoms with van der Waals surface area (Å²) in [6.45, 7) is 2.08. The van der Waals surface area contributed by atoms with Crippen LogP contribution in [0.1, 0.15) is 26.7 Å². The highest BCUT2D eigenvalue weighted by atomic mass is 19.1. The van der Waals surface area contributed by atoms with Crippen molar-refractivity contribution in [2.45, 2.75) is 32.7 Å². The van der Waals surface area contributed by atoms with Crippen LogP contribution in [0.2, 0.25) is 0 Å². The lowest BCUT2D eigenvalue weighted by Crippen LogP contribution is -2.47. The number of carbonyl (C=O) groups excluding carboxylic acids is 3. The molecule has 2 atom stereocenters. The summed E-state index contributed by atoms with van der Waals surface area (Å²) in [6.07, 6.45) is -0.951. The van der Waals surface area contributed by atoms with Crippen LogP contribution in [0.5, 0.6) is 11.5 Å². The lowest BCUT2D eigenvalue weighted by molar-refractivity contribution is -0.141. The average Bonchev–Trinajstić information content (AvgIpc) is 2.79. The molecule has 0 radical (unpaired) electrons. The monoisotopic (exact) mass is 456 g/mol. The molecule has 0 saturated heterocycles. The number of carboxylic acids is 1. The summed E-state index contributed by atoms with van der Waals surface area (Å²) >= 11 is 0. The maximum Gasteiger partial charge on any atom is 0.305 e. The number of aliphatic carboxylic acids is 1. The molecule has 1 aliphatic heterocycles. The Balaban J connectivity index is 1.86. The fourth-order valence-corrected chi connectivity index (χ4v) is 3.68. The molecule has 2 aromatic rings. The summed E-state index contributed by atoms with van der Waals surface area (Å²) in [6, 6.07) is 12.5. The largest absolute Gasteiger partial charge is 0.481 e. The first-order chi connectivity index (χ1) is 15.7. The zero-order chi connectivity index (χ0) is 24.1. The second-order valence-electron chi connectivity index (χ2n) is 8.08. The van der Waals surface area contributed by atoms with Crippen molar-refractivity contribution in [1.29, 1.82) is 0 Å². The standard InChI is InChI=1S/C24H25FN2O6/c1-14(2)15(24(32)26-16(12-23(30)31)19(28)13-25)11-22(29)27-17-7-3-5-9-20(17)33-21-10-6-4-8-18(21)27/h3-10,14-16H,11-13H2,1-2H3,(H,26,32)(H,30,31)/t15-,16?/m1/s1. The highest BCUT2D eigenvalue weighted by molar-refractivity contribution is 6.05. The molecule has 0 aromatic heterocycles. The van der Waals surface area contributed by atoms with Gasteiger partial charge < -0.3 is 15.2 Å². The van der Waals surface area contributed by atoms with Crippen molar-refractivity contribution in [2.24, 2.45) is 11.8 Å². The van der Waals surface area contributed by atoms with Gasteiger partial charge in [0.25, 0.3) is 0 Å². The Hall–Kier alpha value is -3.75. The van der Waals surface area contributed by atoms with Gasteiger partial charge in [-0.05, 0) is 30.2 Å². The second-order valence-corrected chi connectivity index (χ2v) is 8.08. The number of para-hydroxylation sites is 4. The summed E-state index contributed by atoms with van der Waals surface area (Å²) in [5, 5.41) is 11.3. The van der Waals surface area contributed by atoms with Gasteiger partial charge in [0.2, 0.25) is 11.8 Å². The Kier molecular flexibility index (Phi) is 7.42. The van der Waals surface area contributed by atoms with E-state index in [4.69, 9.17) is 9.84 Å². The number of nitrogens with zero attached hydrogens (tertiary/aromatic N) is 1. The molecule has 8 nitrogen and oxygen atoms in total. The van der Waals surface area contributed by atoms with E-state index >= 15 is 0 Å². The van der Waals surface area contributed by atoms with E-state index in [-0.39, 0.29) is 18.2 Å². The molecule has 1 unspecified atom stereocenters. The number of alkyl halides is 1. The molecule has 2 N–H and O–H groups in total. The van der Waals surface area contributed by atoms with Crippen LogP contribution in [0.3, 0.4) is 0 Å². The summed E-state index contributed by atoms with van der Waals surface area (Å²) < 4.78 is 18.7. The smallest absolute Gasteiger partial charge is 0.305 e. The van der Waals surface area contributed by atoms with Crippen LogP contribution in [-0.2, 0) is 19.2 Å². The van der Waals surface area contributed by atoms with Gasteiger partial charge in [-0.3, -0.25) is 24.1 Å². The first-order valence-corrected chi connectivity index (χ1v) is 10.5. The number of rotatable bonds is 9. The Morgan fingerprint density at radius 2 is 1.52 bits per heavy atom. The molecule has 174 valence electrons. The number of benzene rings is 2. The minimum atomic E-state index is -1.50. The molecule has 2 amide bonds. The average molecular weight is 456 g/mol. The molecule has 0 aliphatic carbocycles. The second kappa shape index (κ2) is 10.2. The Morgan fingerprint density at radius 3 is 2.00 bits per heavy atom. The topological polar surface area (TPSA) is 113 Å². The van der Waals surface area contributed by atoms with E-state index in [0.717, 1.165) is 0 Å². The molecular formula is C24H25FN2O6. The van der Waals surface area contributed by atoms with Crippen LogP contribution in [0.25, 0.3) is 0 Å². The van der Waals surface area contributed by atoms with Crippen molar-refractivity contribution in [2.75, 3.05) is 11.6 Å². The first kappa shape index (κ1) is 23.9. The van der Waals surface area contributed by atoms with E-state index < -0.39 is 42.7 Å². The van der Waals surface area contributed by atoms with E-state index in [1.807, 2.05) is 0 Å². The quantitative estimate of drug-likeness (QED) is 0.596. The third-order valence-electron chi connectivity index (χ3n) is 5.43. The SMILES string of the molecule is CC(C)[C@@H](CC(=O)N1c2ccccc2Oc2ccccc21)C(=O)NC(CC(=O)O)C(=O)CF. The predicted octanol–water partition coefficient (Wildman–Crippen LogP) is 3.62. The van der Waals surface area contributed by atoms with Crippen molar-refractivity contribution in [3.05, 3.63) is 48.5 Å². The van der Waals surface area contributed by atoms with Gasteiger partial charge in [0.05, 0.1) is 17.8 Å². The molecule has 0 spiro atoms. The zero-order valence-electron chi connectivity index (χ0n) is 18.3. The van der Waals surface area contributed by atoms with Crippen LogP contribution >= 0.6 is 0 Å². The third kappa shape index (κ3) is 5.36. The van der Waals surface area contributed by atoms with Crippen molar-refractivity contribution in [3.8, 4) is 11.5 Å². The van der Waals surface area contributed by atoms with E-state index in [2.05, 4.69) is 5.32 Å². The first-order valence-electron chi connectivity index (χ1n) is 10.5. The van der Waals surface area contributed by atoms with Gasteiger partial charge in [-0.2, -0.15) is 0 Å². The van der Waals surface area contributed by atoms with Gasteiger partial charge in [-0.25, -0.2) is 4.39 Å². The lowest BCUT2D eigenvalue weighted by atomic mass is 9.90. The summed E-state index contributed by atoms with van der Waals surface area (Å²) in [5.41, 5.74) is 1.06. The van der Waals surface area contributed by atoms with Gasteiger partial charge in [0.1, 0.15) is 12.7 Å². The number of ether oxygens (including phenoxy) is 1. The number of carbonyl (C=O) groups is 4. The Bertz CT molecular complexity index is 1020. The fraction of sp³-hybridized carbons (Fsp3) is 0.333. The summed E-state index contributed by atoms with van der Waals surface area (Å²) in [7, 11) is 0. The molecule has 33 heavy (non-hydrogen) atoms. The van der Waals surface area contributed by atoms with Crippen LogP contribution in [-0.4, -0.2) is 41.4 Å². The van der Waals surface area contributed by atoms with Crippen LogP contribution in [0, 0.1) is 11.8 Å². The number of amides is 2. The molecule has 0 bridgehead atoms. The molecule has 1 aliphatic rings. The molecular weight excluding hydrogens is 431 g/mol. The van der Waals surface area contributed by atoms with Gasteiger partial charge in [0.15, 0.2) is 17.3 Å². The third-order valence-corrected chi connectivity index (χ3v) is 5.43. The number of ketones is 1. The highest BCUT2D eigenvalue weighted by Crippen LogP contribution is 2.46. The van der Waals surface area contributed by atoms with Gasteiger partial charge >= 0.3 is 5.97 Å². The molecule has 3 rings (SSSR count). The summed E-state index contributed by atoms with van der Waals surface area (Å²) in [4.78, 5) is 50.7. The van der Waals surface area contributed by atoms with Crippen LogP contribution in [0.4, 0.5) is 15.8 Å². The summed E-state index contributed by atoms with van der Waals surface area (Å²) in [5.74, 6) is -3.64. The normalized spacial score (nSPS) is 13.9. The lowest BCUT2D eigenvalue weighted by Gasteiger charge is -2.32. The zero-order valence-corrected chi connectivity index (χ0v) is 18.3. The van der Waals surface area contributed by atoms with E-state index in [0.29, 0.717) is 22.9 Å². The molecule has 1 heterocycles. The fourth-order valence-electron chi connectivity index (χ4n) is 3.68. The predicted molar refractivity (Wildman–Crippen MR) is 118 cm³/mol. The molecule has 9 heteroatoms. The number of hydrogen-bond acceptors (Lipinski definition) is 5.